The summed E-state index contributed by atoms with van der Waals surface area (Å²) in [6.45, 7) is 4.45. The third kappa shape index (κ3) is 10.5. The first-order chi connectivity index (χ1) is 23.5. The molecule has 0 unspecified atom stereocenters. The maximum absolute atomic E-state index is 13.3. The van der Waals surface area contributed by atoms with Crippen LogP contribution < -0.4 is 0 Å². The Bertz CT molecular complexity index is 1380. The molecule has 2 aromatic rings. The van der Waals surface area contributed by atoms with Crippen LogP contribution in [0.25, 0.3) is 0 Å². The summed E-state index contributed by atoms with van der Waals surface area (Å²) in [5, 5.41) is 0. The molecule has 0 heterocycles. The van der Waals surface area contributed by atoms with Gasteiger partial charge in [-0.05, 0) is 122 Å². The van der Waals surface area contributed by atoms with Crippen LogP contribution >= 0.6 is 0 Å². The zero-order valence-electron chi connectivity index (χ0n) is 29.6. The minimum Gasteiger partial charge on any atom is -0.454 e. The molecule has 0 saturated heterocycles. The lowest BCUT2D eigenvalue weighted by molar-refractivity contribution is 0.0405. The van der Waals surface area contributed by atoms with Crippen LogP contribution in [-0.2, 0) is 9.47 Å². The lowest BCUT2D eigenvalue weighted by Gasteiger charge is -2.29. The van der Waals surface area contributed by atoms with Gasteiger partial charge in [0.05, 0.1) is 11.1 Å². The number of carbonyl (C=O) groups excluding carboxylic acids is 2. The first-order valence-electron chi connectivity index (χ1n) is 19.2. The zero-order chi connectivity index (χ0) is 33.6. The Kier molecular flexibility index (Phi) is 14.2. The third-order valence-corrected chi connectivity index (χ3v) is 11.2. The van der Waals surface area contributed by atoms with Crippen molar-refractivity contribution in [1.29, 1.82) is 0 Å². The minimum atomic E-state index is -0.424. The van der Waals surface area contributed by atoms with Crippen LogP contribution in [0.3, 0.4) is 0 Å². The maximum atomic E-state index is 13.3. The van der Waals surface area contributed by atoms with Crippen molar-refractivity contribution in [2.75, 3.05) is 6.61 Å². The summed E-state index contributed by atoms with van der Waals surface area (Å²) in [7, 11) is 0. The highest BCUT2D eigenvalue weighted by Gasteiger charge is 2.24. The van der Waals surface area contributed by atoms with E-state index in [9.17, 15) is 9.59 Å². The van der Waals surface area contributed by atoms with E-state index < -0.39 is 11.9 Å². The second kappa shape index (κ2) is 19.0. The van der Waals surface area contributed by atoms with Gasteiger partial charge in [-0.2, -0.15) is 0 Å². The maximum Gasteiger partial charge on any atom is 0.343 e. The van der Waals surface area contributed by atoms with Crippen molar-refractivity contribution in [3.05, 3.63) is 106 Å². The summed E-state index contributed by atoms with van der Waals surface area (Å²) in [6, 6.07) is 15.9. The lowest BCUT2D eigenvalue weighted by atomic mass is 9.77. The topological polar surface area (TPSA) is 52.6 Å². The van der Waals surface area contributed by atoms with E-state index in [4.69, 9.17) is 9.47 Å². The molecule has 5 rings (SSSR count). The number of hydrogen-bond acceptors (Lipinski definition) is 4. The highest BCUT2D eigenvalue weighted by atomic mass is 16.6. The highest BCUT2D eigenvalue weighted by molar-refractivity contribution is 5.91. The number of rotatable bonds is 15. The van der Waals surface area contributed by atoms with Crippen molar-refractivity contribution < 1.29 is 19.1 Å². The number of carbonyl (C=O) groups is 2. The van der Waals surface area contributed by atoms with E-state index in [1.54, 1.807) is 0 Å². The molecular weight excluding hydrogens is 592 g/mol. The standard InChI is InChI=1S/C44H58O4/c1-3-5-8-12-33-16-20-35(21-17-33)37-24-28-40(29-25-37)43(45)47-32-42(39-14-10-7-11-15-39)48-44(46)41-30-26-38(27-31-41)36-22-18-34(19-23-36)13-9-6-4-2/h7,10-11,14,24-31,33-36H,3-6,8-9,12-13,15-23,32H2,1-2H3/b42-39-. The van der Waals surface area contributed by atoms with E-state index in [0.717, 1.165) is 17.4 Å². The lowest BCUT2D eigenvalue weighted by Crippen LogP contribution is -2.16. The van der Waals surface area contributed by atoms with Crippen molar-refractivity contribution in [3.8, 4) is 0 Å². The van der Waals surface area contributed by atoms with Gasteiger partial charge in [-0.25, -0.2) is 9.59 Å². The molecule has 0 spiro atoms. The Morgan fingerprint density at radius 1 is 0.625 bits per heavy atom. The number of unbranched alkanes of at least 4 members (excludes halogenated alkanes) is 4. The first-order valence-corrected chi connectivity index (χ1v) is 19.2. The number of hydrogen-bond donors (Lipinski definition) is 0. The van der Waals surface area contributed by atoms with Crippen LogP contribution in [0.4, 0.5) is 0 Å². The van der Waals surface area contributed by atoms with Crippen LogP contribution in [0.2, 0.25) is 0 Å². The van der Waals surface area contributed by atoms with Crippen molar-refractivity contribution in [3.63, 3.8) is 0 Å². The van der Waals surface area contributed by atoms with Gasteiger partial charge >= 0.3 is 11.9 Å². The van der Waals surface area contributed by atoms with Gasteiger partial charge < -0.3 is 9.47 Å². The van der Waals surface area contributed by atoms with Crippen LogP contribution in [0.15, 0.2) is 84.2 Å². The molecule has 4 heteroatoms. The first kappa shape index (κ1) is 35.9. The molecule has 0 aromatic heterocycles. The summed E-state index contributed by atoms with van der Waals surface area (Å²) in [5.74, 6) is 2.44. The van der Waals surface area contributed by atoms with E-state index in [2.05, 4.69) is 38.1 Å². The number of allylic oxidation sites excluding steroid dienone is 5. The molecule has 2 fully saturated rings. The second-order valence-electron chi connectivity index (χ2n) is 14.6. The van der Waals surface area contributed by atoms with Crippen molar-refractivity contribution in [1.82, 2.24) is 0 Å². The van der Waals surface area contributed by atoms with Crippen molar-refractivity contribution in [2.45, 2.75) is 135 Å². The fraction of sp³-hybridized carbons (Fsp3) is 0.545. The monoisotopic (exact) mass is 650 g/mol. The van der Waals surface area contributed by atoms with Gasteiger partial charge in [0.15, 0.2) is 0 Å². The summed E-state index contributed by atoms with van der Waals surface area (Å²) in [4.78, 5) is 26.4. The largest absolute Gasteiger partial charge is 0.454 e. The molecule has 4 nitrogen and oxygen atoms in total. The van der Waals surface area contributed by atoms with Gasteiger partial charge in [-0.1, -0.05) is 114 Å². The quantitative estimate of drug-likeness (QED) is 0.109. The van der Waals surface area contributed by atoms with Gasteiger partial charge in [0.2, 0.25) is 0 Å². The molecule has 3 aliphatic carbocycles. The average Bonchev–Trinajstić information content (AvgIpc) is 3.14. The summed E-state index contributed by atoms with van der Waals surface area (Å²) >= 11 is 0. The second-order valence-corrected chi connectivity index (χ2v) is 14.6. The smallest absolute Gasteiger partial charge is 0.343 e. The van der Waals surface area contributed by atoms with E-state index in [0.29, 0.717) is 35.1 Å². The Morgan fingerprint density at radius 2 is 1.12 bits per heavy atom. The van der Waals surface area contributed by atoms with Gasteiger partial charge in [-0.15, -0.1) is 0 Å². The van der Waals surface area contributed by atoms with E-state index in [1.807, 2.05) is 48.6 Å². The highest BCUT2D eigenvalue weighted by Crippen LogP contribution is 2.39. The summed E-state index contributed by atoms with van der Waals surface area (Å²) < 4.78 is 11.7. The number of benzene rings is 2. The zero-order valence-corrected chi connectivity index (χ0v) is 29.6. The van der Waals surface area contributed by atoms with E-state index in [-0.39, 0.29) is 6.61 Å². The van der Waals surface area contributed by atoms with Gasteiger partial charge in [0, 0.05) is 0 Å². The fourth-order valence-electron chi connectivity index (χ4n) is 8.01. The molecule has 48 heavy (non-hydrogen) atoms. The molecule has 0 amide bonds. The van der Waals surface area contributed by atoms with Crippen LogP contribution in [0.5, 0.6) is 0 Å². The van der Waals surface area contributed by atoms with Gasteiger partial charge in [0.1, 0.15) is 12.4 Å². The Labute approximate surface area is 290 Å². The Balaban J connectivity index is 1.13. The van der Waals surface area contributed by atoms with E-state index in [1.165, 1.54) is 114 Å². The molecule has 0 bridgehead atoms. The van der Waals surface area contributed by atoms with Crippen LogP contribution in [0.1, 0.15) is 167 Å². The third-order valence-electron chi connectivity index (χ3n) is 11.2. The molecule has 0 N–H and O–H groups in total. The molecule has 2 saturated carbocycles. The predicted molar refractivity (Wildman–Crippen MR) is 196 cm³/mol. The molecule has 2 aromatic carbocycles. The van der Waals surface area contributed by atoms with Crippen LogP contribution in [-0.4, -0.2) is 18.5 Å². The summed E-state index contributed by atoms with van der Waals surface area (Å²) in [6.07, 6.45) is 29.3. The molecule has 0 atom stereocenters. The molecule has 0 radical (unpaired) electrons. The average molecular weight is 651 g/mol. The molecule has 3 aliphatic rings. The molecular formula is C44H58O4. The van der Waals surface area contributed by atoms with Gasteiger partial charge in [-0.3, -0.25) is 0 Å². The molecule has 258 valence electrons. The van der Waals surface area contributed by atoms with Gasteiger partial charge in [0.25, 0.3) is 0 Å². The summed E-state index contributed by atoms with van der Waals surface area (Å²) in [5.41, 5.74) is 4.50. The molecule has 0 aliphatic heterocycles. The number of esters is 2. The predicted octanol–water partition coefficient (Wildman–Crippen LogP) is 12.2. The normalized spacial score (nSPS) is 23.5. The minimum absolute atomic E-state index is 0.0958. The van der Waals surface area contributed by atoms with E-state index >= 15 is 0 Å². The van der Waals surface area contributed by atoms with Crippen molar-refractivity contribution in [2.24, 2.45) is 11.8 Å². The van der Waals surface area contributed by atoms with Crippen molar-refractivity contribution >= 4 is 11.9 Å². The van der Waals surface area contributed by atoms with Crippen LogP contribution in [0, 0.1) is 11.8 Å². The Hall–Kier alpha value is -3.40. The fourth-order valence-corrected chi connectivity index (χ4v) is 8.01. The SMILES string of the molecule is CCCCCC1CCC(c2ccc(C(=O)OC/C(OC(=O)c3ccc(C4CCC(CCCCC)CC4)cc3)=C3\C=CC=CC3)cc2)CC1. The Morgan fingerprint density at radius 3 is 1.58 bits per heavy atom. The number of ether oxygens (including phenoxy) is 2.